The molecule has 1 aromatic heterocycles. The Morgan fingerprint density at radius 2 is 1.84 bits per heavy atom. The highest BCUT2D eigenvalue weighted by atomic mass is 14.9. The number of fused-ring (bicyclic) bond motifs is 4. The summed E-state index contributed by atoms with van der Waals surface area (Å²) in [6, 6.07) is 13.6. The van der Waals surface area contributed by atoms with Crippen molar-refractivity contribution in [1.29, 1.82) is 0 Å². The molecular formula is C18H19N. The zero-order chi connectivity index (χ0) is 13.0. The van der Waals surface area contributed by atoms with E-state index in [0.29, 0.717) is 0 Å². The fraction of sp³-hybridized carbons (Fsp3) is 0.333. The van der Waals surface area contributed by atoms with E-state index in [2.05, 4.69) is 54.9 Å². The molecule has 0 saturated carbocycles. The van der Waals surface area contributed by atoms with Crippen LogP contribution in [0.3, 0.4) is 0 Å². The molecule has 0 aliphatic heterocycles. The maximum Gasteiger partial charge on any atom is 0.0491 e. The van der Waals surface area contributed by atoms with Crippen molar-refractivity contribution in [2.75, 3.05) is 0 Å². The van der Waals surface area contributed by atoms with Gasteiger partial charge >= 0.3 is 0 Å². The van der Waals surface area contributed by atoms with Crippen LogP contribution >= 0.6 is 0 Å². The first kappa shape index (κ1) is 11.1. The summed E-state index contributed by atoms with van der Waals surface area (Å²) in [7, 11) is 2.18. The Labute approximate surface area is 113 Å². The van der Waals surface area contributed by atoms with Gasteiger partial charge in [0, 0.05) is 28.9 Å². The summed E-state index contributed by atoms with van der Waals surface area (Å²) >= 11 is 0. The molecule has 0 spiro atoms. The molecule has 1 heteroatoms. The molecule has 0 fully saturated rings. The van der Waals surface area contributed by atoms with Crippen LogP contribution in [0, 0.1) is 5.92 Å². The Kier molecular flexibility index (Phi) is 2.26. The number of hydrogen-bond donors (Lipinski definition) is 0. The molecule has 1 aliphatic rings. The monoisotopic (exact) mass is 249 g/mol. The third-order valence-electron chi connectivity index (χ3n) is 4.71. The van der Waals surface area contributed by atoms with Crippen molar-refractivity contribution >= 4 is 21.8 Å². The highest BCUT2D eigenvalue weighted by Crippen LogP contribution is 2.34. The Bertz CT molecular complexity index is 779. The van der Waals surface area contributed by atoms with E-state index in [9.17, 15) is 0 Å². The number of aromatic nitrogens is 1. The maximum absolute atomic E-state index is 2.45. The predicted molar refractivity (Wildman–Crippen MR) is 81.6 cm³/mol. The normalized spacial score (nSPS) is 18.9. The number of benzene rings is 2. The molecule has 2 aromatic carbocycles. The fourth-order valence-corrected chi connectivity index (χ4v) is 3.60. The minimum Gasteiger partial charge on any atom is -0.344 e. The Morgan fingerprint density at radius 1 is 1.00 bits per heavy atom. The molecule has 0 bridgehead atoms. The Morgan fingerprint density at radius 3 is 2.74 bits per heavy atom. The summed E-state index contributed by atoms with van der Waals surface area (Å²) in [5.41, 5.74) is 5.86. The highest BCUT2D eigenvalue weighted by Gasteiger charge is 2.18. The molecule has 1 atom stereocenters. The second kappa shape index (κ2) is 3.86. The van der Waals surface area contributed by atoms with Gasteiger partial charge in [-0.3, -0.25) is 0 Å². The lowest BCUT2D eigenvalue weighted by atomic mass is 9.84. The molecular weight excluding hydrogens is 230 g/mol. The van der Waals surface area contributed by atoms with Crippen LogP contribution in [0.2, 0.25) is 0 Å². The maximum atomic E-state index is 2.45. The van der Waals surface area contributed by atoms with E-state index in [4.69, 9.17) is 0 Å². The van der Waals surface area contributed by atoms with E-state index in [1.807, 2.05) is 0 Å². The standard InChI is InChI=1S/C18H19N/c1-12-7-8-13-11-18-16(10-14(13)9-12)15-5-3-4-6-17(15)19(18)2/h3-6,10-12H,7-9H2,1-2H3. The quantitative estimate of drug-likeness (QED) is 0.554. The molecule has 96 valence electrons. The van der Waals surface area contributed by atoms with Crippen LogP contribution < -0.4 is 0 Å². The average molecular weight is 249 g/mol. The zero-order valence-electron chi connectivity index (χ0n) is 11.6. The minimum atomic E-state index is 0.833. The Hall–Kier alpha value is -1.76. The summed E-state index contributed by atoms with van der Waals surface area (Å²) in [4.78, 5) is 0. The first-order chi connectivity index (χ1) is 9.24. The van der Waals surface area contributed by atoms with Gasteiger partial charge in [-0.2, -0.15) is 0 Å². The van der Waals surface area contributed by atoms with Gasteiger partial charge in [0.05, 0.1) is 0 Å². The minimum absolute atomic E-state index is 0.833. The number of para-hydroxylation sites is 1. The van der Waals surface area contributed by atoms with Gasteiger partial charge in [0.1, 0.15) is 0 Å². The van der Waals surface area contributed by atoms with Crippen LogP contribution in [0.1, 0.15) is 24.5 Å². The van der Waals surface area contributed by atoms with E-state index in [1.165, 1.54) is 41.1 Å². The fourth-order valence-electron chi connectivity index (χ4n) is 3.60. The van der Waals surface area contributed by atoms with E-state index in [-0.39, 0.29) is 0 Å². The van der Waals surface area contributed by atoms with Gasteiger partial charge in [-0.15, -0.1) is 0 Å². The highest BCUT2D eigenvalue weighted by molar-refractivity contribution is 6.08. The van der Waals surface area contributed by atoms with Crippen LogP contribution in [0.4, 0.5) is 0 Å². The molecule has 19 heavy (non-hydrogen) atoms. The molecule has 1 unspecified atom stereocenters. The number of rotatable bonds is 0. The lowest BCUT2D eigenvalue weighted by Crippen LogP contribution is -2.11. The molecule has 0 N–H and O–H groups in total. The van der Waals surface area contributed by atoms with E-state index >= 15 is 0 Å². The number of hydrogen-bond acceptors (Lipinski definition) is 0. The van der Waals surface area contributed by atoms with Crippen LogP contribution in [-0.2, 0) is 19.9 Å². The number of aryl methyl sites for hydroxylation is 2. The average Bonchev–Trinajstić information content (AvgIpc) is 2.70. The van der Waals surface area contributed by atoms with Gasteiger partial charge in [-0.1, -0.05) is 25.1 Å². The SMILES string of the molecule is CC1CCc2cc3c(cc2C1)c1ccccc1n3C. The molecule has 1 aliphatic carbocycles. The van der Waals surface area contributed by atoms with E-state index < -0.39 is 0 Å². The van der Waals surface area contributed by atoms with Crippen molar-refractivity contribution in [1.82, 2.24) is 4.57 Å². The second-order valence-corrected chi connectivity index (χ2v) is 6.06. The van der Waals surface area contributed by atoms with Crippen LogP contribution in [-0.4, -0.2) is 4.57 Å². The molecule has 1 nitrogen and oxygen atoms in total. The topological polar surface area (TPSA) is 4.93 Å². The first-order valence-corrected chi connectivity index (χ1v) is 7.23. The smallest absolute Gasteiger partial charge is 0.0491 e. The summed E-state index contributed by atoms with van der Waals surface area (Å²) in [6.07, 6.45) is 3.82. The van der Waals surface area contributed by atoms with Crippen LogP contribution in [0.25, 0.3) is 21.8 Å². The molecule has 1 heterocycles. The summed E-state index contributed by atoms with van der Waals surface area (Å²) in [6.45, 7) is 2.37. The van der Waals surface area contributed by atoms with Gasteiger partial charge in [0.2, 0.25) is 0 Å². The summed E-state index contributed by atoms with van der Waals surface area (Å²) < 4.78 is 2.34. The predicted octanol–water partition coefficient (Wildman–Crippen LogP) is 4.46. The lowest BCUT2D eigenvalue weighted by molar-refractivity contribution is 0.502. The second-order valence-electron chi connectivity index (χ2n) is 6.06. The molecule has 0 saturated heterocycles. The van der Waals surface area contributed by atoms with Gasteiger partial charge in [-0.05, 0) is 54.5 Å². The van der Waals surface area contributed by atoms with E-state index in [0.717, 1.165) is 5.92 Å². The van der Waals surface area contributed by atoms with Crippen molar-refractivity contribution in [2.45, 2.75) is 26.2 Å². The van der Waals surface area contributed by atoms with Crippen molar-refractivity contribution in [3.8, 4) is 0 Å². The van der Waals surface area contributed by atoms with Gasteiger partial charge in [-0.25, -0.2) is 0 Å². The van der Waals surface area contributed by atoms with Crippen molar-refractivity contribution in [2.24, 2.45) is 13.0 Å². The third kappa shape index (κ3) is 1.54. The summed E-state index contributed by atoms with van der Waals surface area (Å²) in [5.74, 6) is 0.833. The lowest BCUT2D eigenvalue weighted by Gasteiger charge is -2.21. The van der Waals surface area contributed by atoms with Crippen molar-refractivity contribution in [3.05, 3.63) is 47.5 Å². The van der Waals surface area contributed by atoms with Crippen molar-refractivity contribution in [3.63, 3.8) is 0 Å². The molecule has 0 amide bonds. The van der Waals surface area contributed by atoms with Gasteiger partial charge < -0.3 is 4.57 Å². The van der Waals surface area contributed by atoms with E-state index in [1.54, 1.807) is 11.1 Å². The number of nitrogens with zero attached hydrogens (tertiary/aromatic N) is 1. The van der Waals surface area contributed by atoms with Gasteiger partial charge in [0.25, 0.3) is 0 Å². The van der Waals surface area contributed by atoms with Gasteiger partial charge in [0.15, 0.2) is 0 Å². The van der Waals surface area contributed by atoms with Crippen molar-refractivity contribution < 1.29 is 0 Å². The van der Waals surface area contributed by atoms with Crippen LogP contribution in [0.15, 0.2) is 36.4 Å². The zero-order valence-corrected chi connectivity index (χ0v) is 11.6. The Balaban J connectivity index is 2.10. The largest absolute Gasteiger partial charge is 0.344 e. The molecule has 4 rings (SSSR count). The first-order valence-electron chi connectivity index (χ1n) is 7.23. The molecule has 0 radical (unpaired) electrons. The van der Waals surface area contributed by atoms with Crippen LogP contribution in [0.5, 0.6) is 0 Å². The summed E-state index contributed by atoms with van der Waals surface area (Å²) in [5, 5.41) is 2.81. The molecule has 3 aromatic rings. The third-order valence-corrected chi connectivity index (χ3v) is 4.71.